The van der Waals surface area contributed by atoms with Gasteiger partial charge in [0.2, 0.25) is 0 Å². The van der Waals surface area contributed by atoms with Gasteiger partial charge in [-0.2, -0.15) is 0 Å². The van der Waals surface area contributed by atoms with Crippen molar-refractivity contribution in [3.8, 4) is 11.5 Å². The Hall–Kier alpha value is -4.00. The second kappa shape index (κ2) is 11.5. The van der Waals surface area contributed by atoms with Crippen LogP contribution < -0.4 is 25.0 Å². The van der Waals surface area contributed by atoms with Crippen molar-refractivity contribution in [2.45, 2.75) is 70.6 Å². The van der Waals surface area contributed by atoms with Crippen LogP contribution in [-0.2, 0) is 6.42 Å². The zero-order valence-electron chi connectivity index (χ0n) is 23.9. The quantitative estimate of drug-likeness (QED) is 0.326. The van der Waals surface area contributed by atoms with Crippen molar-refractivity contribution in [2.75, 3.05) is 18.1 Å². The Morgan fingerprint density at radius 3 is 2.66 bits per heavy atom. The molecule has 3 amide bonds. The molecule has 0 aromatic heterocycles. The lowest BCUT2D eigenvalue weighted by atomic mass is 9.89. The molecular weight excluding hydrogens is 514 g/mol. The van der Waals surface area contributed by atoms with Gasteiger partial charge in [0, 0.05) is 24.1 Å². The van der Waals surface area contributed by atoms with Crippen LogP contribution in [0.15, 0.2) is 66.7 Å². The molecule has 3 aromatic rings. The number of aryl methyl sites for hydroxylation is 1. The number of rotatable bonds is 8. The monoisotopic (exact) mass is 553 g/mol. The molecule has 6 rings (SSSR count). The first-order valence-corrected chi connectivity index (χ1v) is 14.9. The van der Waals surface area contributed by atoms with Crippen molar-refractivity contribution in [3.05, 3.63) is 89.0 Å². The third-order valence-electron chi connectivity index (χ3n) is 8.65. The van der Waals surface area contributed by atoms with Gasteiger partial charge in [-0.05, 0) is 68.9 Å². The lowest BCUT2D eigenvalue weighted by molar-refractivity contribution is 0.0333. The van der Waals surface area contributed by atoms with Gasteiger partial charge in [-0.15, -0.1) is 0 Å². The van der Waals surface area contributed by atoms with E-state index in [1.165, 1.54) is 43.2 Å². The highest BCUT2D eigenvalue weighted by atomic mass is 16.5. The summed E-state index contributed by atoms with van der Waals surface area (Å²) in [4.78, 5) is 28.1. The van der Waals surface area contributed by atoms with E-state index in [0.717, 1.165) is 17.7 Å². The van der Waals surface area contributed by atoms with E-state index < -0.39 is 5.72 Å². The highest BCUT2D eigenvalue weighted by Crippen LogP contribution is 2.49. The van der Waals surface area contributed by atoms with Gasteiger partial charge in [0.05, 0.1) is 18.3 Å². The maximum absolute atomic E-state index is 13.5. The summed E-state index contributed by atoms with van der Waals surface area (Å²) < 4.78 is 13.0. The molecule has 2 bridgehead atoms. The largest absolute Gasteiger partial charge is 0.489 e. The van der Waals surface area contributed by atoms with Crippen LogP contribution >= 0.6 is 0 Å². The molecule has 7 nitrogen and oxygen atoms in total. The summed E-state index contributed by atoms with van der Waals surface area (Å²) in [6.07, 6.45) is 7.58. The minimum absolute atomic E-state index is 0.173. The van der Waals surface area contributed by atoms with Crippen LogP contribution in [0.2, 0.25) is 0 Å². The van der Waals surface area contributed by atoms with E-state index in [1.54, 1.807) is 17.0 Å². The number of fused-ring (bicyclic) bond motifs is 4. The third-order valence-corrected chi connectivity index (χ3v) is 8.65. The predicted molar refractivity (Wildman–Crippen MR) is 160 cm³/mol. The van der Waals surface area contributed by atoms with E-state index >= 15 is 0 Å². The number of benzene rings is 3. The summed E-state index contributed by atoms with van der Waals surface area (Å²) in [5.74, 6) is 1.81. The minimum atomic E-state index is -0.940. The number of para-hydroxylation sites is 1. The van der Waals surface area contributed by atoms with Crippen LogP contribution in [0.4, 0.5) is 10.5 Å². The van der Waals surface area contributed by atoms with E-state index in [1.807, 2.05) is 37.3 Å². The lowest BCUT2D eigenvalue weighted by Crippen LogP contribution is -2.65. The fourth-order valence-corrected chi connectivity index (χ4v) is 6.39. The van der Waals surface area contributed by atoms with Gasteiger partial charge >= 0.3 is 6.03 Å². The first kappa shape index (κ1) is 27.2. The number of hydrogen-bond donors (Lipinski definition) is 2. The molecule has 41 heavy (non-hydrogen) atoms. The standard InChI is InChI=1S/C34H39N3O4/c1-23-14-16-24(17-15-23)18-19-35-32(38)26-10-6-11-27(20-26)37-33(39)36-29-21-34(37,2)41-31-28(29)12-7-13-30(31)40-22-25-8-4-3-5-9-25/h6-7,10-17,20,25,29H,3-5,8-9,18-19,21-22H2,1-2H3,(H,35,38)(H,36,39). The highest BCUT2D eigenvalue weighted by molar-refractivity contribution is 5.99. The minimum Gasteiger partial charge on any atom is -0.489 e. The number of carbonyl (C=O) groups is 2. The van der Waals surface area contributed by atoms with Crippen LogP contribution in [0.5, 0.6) is 11.5 Å². The molecule has 7 heteroatoms. The van der Waals surface area contributed by atoms with Gasteiger partial charge in [0.1, 0.15) is 0 Å². The molecule has 2 heterocycles. The number of urea groups is 1. The van der Waals surface area contributed by atoms with Crippen molar-refractivity contribution in [1.29, 1.82) is 0 Å². The van der Waals surface area contributed by atoms with Crippen molar-refractivity contribution in [3.63, 3.8) is 0 Å². The molecular formula is C34H39N3O4. The smallest absolute Gasteiger partial charge is 0.325 e. The molecule has 3 aromatic carbocycles. The van der Waals surface area contributed by atoms with E-state index in [4.69, 9.17) is 9.47 Å². The molecule has 2 unspecified atom stereocenters. The number of nitrogens with zero attached hydrogens (tertiary/aromatic N) is 1. The summed E-state index contributed by atoms with van der Waals surface area (Å²) in [5, 5.41) is 6.18. The summed E-state index contributed by atoms with van der Waals surface area (Å²) >= 11 is 0. The molecule has 1 saturated carbocycles. The molecule has 1 saturated heterocycles. The average molecular weight is 554 g/mol. The van der Waals surface area contributed by atoms with Crippen molar-refractivity contribution in [1.82, 2.24) is 10.6 Å². The number of anilines is 1. The number of ether oxygens (including phenoxy) is 2. The topological polar surface area (TPSA) is 79.9 Å². The van der Waals surface area contributed by atoms with E-state index in [0.29, 0.717) is 42.5 Å². The second-order valence-electron chi connectivity index (χ2n) is 11.9. The van der Waals surface area contributed by atoms with E-state index in [2.05, 4.69) is 41.8 Å². The SMILES string of the molecule is Cc1ccc(CCNC(=O)c2cccc(N3C(=O)NC4CC3(C)Oc3c(OCC5CCCCC5)cccc34)c2)cc1. The molecule has 3 aliphatic rings. The van der Waals surface area contributed by atoms with Crippen LogP contribution in [0, 0.1) is 12.8 Å². The van der Waals surface area contributed by atoms with Gasteiger partial charge in [-0.3, -0.25) is 9.69 Å². The van der Waals surface area contributed by atoms with Crippen LogP contribution in [0.25, 0.3) is 0 Å². The molecule has 0 spiro atoms. The number of nitrogens with one attached hydrogen (secondary N) is 2. The van der Waals surface area contributed by atoms with Gasteiger partial charge in [0.15, 0.2) is 17.2 Å². The molecule has 0 radical (unpaired) electrons. The maximum atomic E-state index is 13.5. The van der Waals surface area contributed by atoms with Crippen LogP contribution in [0.3, 0.4) is 0 Å². The lowest BCUT2D eigenvalue weighted by Gasteiger charge is -2.50. The molecule has 214 valence electrons. The van der Waals surface area contributed by atoms with Gasteiger partial charge < -0.3 is 20.1 Å². The molecule has 1 aliphatic carbocycles. The molecule has 2 N–H and O–H groups in total. The number of hydrogen-bond acceptors (Lipinski definition) is 4. The maximum Gasteiger partial charge on any atom is 0.325 e. The van der Waals surface area contributed by atoms with Crippen molar-refractivity contribution in [2.24, 2.45) is 5.92 Å². The Labute approximate surface area is 242 Å². The molecule has 2 atom stereocenters. The van der Waals surface area contributed by atoms with E-state index in [-0.39, 0.29) is 18.0 Å². The summed E-state index contributed by atoms with van der Waals surface area (Å²) in [7, 11) is 0. The Morgan fingerprint density at radius 2 is 1.85 bits per heavy atom. The molecule has 2 aliphatic heterocycles. The predicted octanol–water partition coefficient (Wildman–Crippen LogP) is 6.70. The first-order valence-electron chi connectivity index (χ1n) is 14.9. The van der Waals surface area contributed by atoms with Gasteiger partial charge in [0.25, 0.3) is 5.91 Å². The van der Waals surface area contributed by atoms with E-state index in [9.17, 15) is 9.59 Å². The van der Waals surface area contributed by atoms with Crippen molar-refractivity contribution < 1.29 is 19.1 Å². The Morgan fingerprint density at radius 1 is 1.07 bits per heavy atom. The summed E-state index contributed by atoms with van der Waals surface area (Å²) in [6.45, 7) is 5.20. The summed E-state index contributed by atoms with van der Waals surface area (Å²) in [5.41, 5.74) is 3.50. The average Bonchev–Trinajstić information content (AvgIpc) is 2.97. The Kier molecular flexibility index (Phi) is 7.61. The normalized spacial score (nSPS) is 21.9. The Bertz CT molecular complexity index is 1420. The Balaban J connectivity index is 1.18. The molecule has 2 fully saturated rings. The fraction of sp³-hybridized carbons (Fsp3) is 0.412. The zero-order valence-corrected chi connectivity index (χ0v) is 23.9. The summed E-state index contributed by atoms with van der Waals surface area (Å²) in [6, 6.07) is 21.0. The van der Waals surface area contributed by atoms with Gasteiger partial charge in [-0.1, -0.05) is 67.3 Å². The number of amides is 3. The van der Waals surface area contributed by atoms with Crippen LogP contribution in [-0.4, -0.2) is 30.8 Å². The fourth-order valence-electron chi connectivity index (χ4n) is 6.39. The zero-order chi connectivity index (χ0) is 28.4. The second-order valence-corrected chi connectivity index (χ2v) is 11.9. The van der Waals surface area contributed by atoms with Gasteiger partial charge in [-0.25, -0.2) is 4.79 Å². The number of carbonyl (C=O) groups excluding carboxylic acids is 2. The highest BCUT2D eigenvalue weighted by Gasteiger charge is 2.50. The third kappa shape index (κ3) is 5.76. The van der Waals surface area contributed by atoms with Crippen molar-refractivity contribution >= 4 is 17.6 Å². The van der Waals surface area contributed by atoms with Crippen LogP contribution in [0.1, 0.15) is 78.5 Å². The first-order chi connectivity index (χ1) is 19.9.